The highest BCUT2D eigenvalue weighted by Gasteiger charge is 2.35. The quantitative estimate of drug-likeness (QED) is 0.238. The van der Waals surface area contributed by atoms with Gasteiger partial charge in [-0.25, -0.2) is 9.97 Å². The zero-order valence-electron chi connectivity index (χ0n) is 19.5. The van der Waals surface area contributed by atoms with Crippen LogP contribution in [0.2, 0.25) is 5.02 Å². The lowest BCUT2D eigenvalue weighted by Gasteiger charge is -2.12. The molecular formula is C26H18ClF3N4O3. The van der Waals surface area contributed by atoms with Crippen molar-refractivity contribution in [1.29, 1.82) is 0 Å². The number of hydrogen-bond donors (Lipinski definition) is 0. The fourth-order valence-electron chi connectivity index (χ4n) is 3.70. The van der Waals surface area contributed by atoms with E-state index >= 15 is 0 Å². The molecule has 0 fully saturated rings. The van der Waals surface area contributed by atoms with Crippen molar-refractivity contribution < 1.29 is 27.1 Å². The first-order chi connectivity index (χ1) is 17.8. The van der Waals surface area contributed by atoms with Crippen LogP contribution in [-0.2, 0) is 6.18 Å². The Morgan fingerprint density at radius 3 is 2.03 bits per heavy atom. The molecular weight excluding hydrogens is 509 g/mol. The summed E-state index contributed by atoms with van der Waals surface area (Å²) in [5, 5.41) is 4.76. The molecule has 5 rings (SSSR count). The first kappa shape index (κ1) is 24.4. The summed E-state index contributed by atoms with van der Waals surface area (Å²) in [5.41, 5.74) is 0.620. The van der Waals surface area contributed by atoms with E-state index in [0.717, 1.165) is 6.07 Å². The molecule has 188 valence electrons. The van der Waals surface area contributed by atoms with Gasteiger partial charge < -0.3 is 13.9 Å². The molecule has 5 aromatic rings. The summed E-state index contributed by atoms with van der Waals surface area (Å²) in [6, 6.07) is 17.7. The molecule has 0 atom stereocenters. The summed E-state index contributed by atoms with van der Waals surface area (Å²) < 4.78 is 58.4. The SMILES string of the molecule is COc1ccc(-c2nn(-c3nc(-c4ccco4)cc(C(F)(F)F)n3)c(-c3ccc(OC)cc3)c2Cl)cc1. The number of methoxy groups -OCH3 is 2. The predicted octanol–water partition coefficient (Wildman–Crippen LogP) is 6.95. The van der Waals surface area contributed by atoms with Gasteiger partial charge >= 0.3 is 6.18 Å². The largest absolute Gasteiger partial charge is 0.497 e. The van der Waals surface area contributed by atoms with Crippen LogP contribution in [0.15, 0.2) is 77.4 Å². The third kappa shape index (κ3) is 4.75. The summed E-state index contributed by atoms with van der Waals surface area (Å²) in [6.07, 6.45) is -3.39. The second-order valence-electron chi connectivity index (χ2n) is 7.79. The second kappa shape index (κ2) is 9.62. The van der Waals surface area contributed by atoms with Gasteiger partial charge in [0, 0.05) is 11.1 Å². The molecule has 0 N–H and O–H groups in total. The summed E-state index contributed by atoms with van der Waals surface area (Å²) >= 11 is 6.82. The summed E-state index contributed by atoms with van der Waals surface area (Å²) in [7, 11) is 3.07. The lowest BCUT2D eigenvalue weighted by molar-refractivity contribution is -0.141. The molecule has 0 aliphatic rings. The van der Waals surface area contributed by atoms with Gasteiger partial charge in [0.15, 0.2) is 11.5 Å². The first-order valence-electron chi connectivity index (χ1n) is 10.9. The molecule has 0 unspecified atom stereocenters. The first-order valence-corrected chi connectivity index (χ1v) is 11.2. The molecule has 11 heteroatoms. The van der Waals surface area contributed by atoms with Gasteiger partial charge in [0.1, 0.15) is 22.9 Å². The van der Waals surface area contributed by atoms with E-state index in [1.165, 1.54) is 24.1 Å². The van der Waals surface area contributed by atoms with Crippen molar-refractivity contribution in [2.75, 3.05) is 14.2 Å². The Hall–Kier alpha value is -4.31. The van der Waals surface area contributed by atoms with Crippen molar-refractivity contribution >= 4 is 11.6 Å². The van der Waals surface area contributed by atoms with E-state index < -0.39 is 11.9 Å². The third-order valence-corrected chi connectivity index (χ3v) is 5.88. The average molecular weight is 527 g/mol. The fraction of sp³-hybridized carbons (Fsp3) is 0.115. The van der Waals surface area contributed by atoms with Crippen LogP contribution in [0.4, 0.5) is 13.2 Å². The summed E-state index contributed by atoms with van der Waals surface area (Å²) in [4.78, 5) is 8.15. The Balaban J connectivity index is 1.76. The smallest absolute Gasteiger partial charge is 0.433 e. The molecule has 7 nitrogen and oxygen atoms in total. The van der Waals surface area contributed by atoms with Gasteiger partial charge in [-0.15, -0.1) is 0 Å². The van der Waals surface area contributed by atoms with E-state index in [1.807, 2.05) is 0 Å². The fourth-order valence-corrected chi connectivity index (χ4v) is 4.04. The van der Waals surface area contributed by atoms with Crippen molar-refractivity contribution in [2.24, 2.45) is 0 Å². The van der Waals surface area contributed by atoms with Crippen LogP contribution in [-0.4, -0.2) is 34.0 Å². The Morgan fingerprint density at radius 2 is 1.49 bits per heavy atom. The number of alkyl halides is 3. The van der Waals surface area contributed by atoms with Gasteiger partial charge in [0.25, 0.3) is 5.95 Å². The predicted molar refractivity (Wildman–Crippen MR) is 131 cm³/mol. The number of benzene rings is 2. The monoisotopic (exact) mass is 526 g/mol. The van der Waals surface area contributed by atoms with E-state index in [-0.39, 0.29) is 22.4 Å². The molecule has 0 saturated carbocycles. The maximum absolute atomic E-state index is 13.8. The molecule has 3 heterocycles. The van der Waals surface area contributed by atoms with E-state index in [2.05, 4.69) is 15.1 Å². The highest BCUT2D eigenvalue weighted by atomic mass is 35.5. The van der Waals surface area contributed by atoms with Gasteiger partial charge in [-0.05, 0) is 66.7 Å². The number of furan rings is 1. The minimum absolute atomic E-state index is 0.0550. The van der Waals surface area contributed by atoms with Crippen LogP contribution in [0.5, 0.6) is 11.5 Å². The number of nitrogens with zero attached hydrogens (tertiary/aromatic N) is 4. The van der Waals surface area contributed by atoms with Gasteiger partial charge in [-0.2, -0.15) is 23.0 Å². The molecule has 0 bridgehead atoms. The van der Waals surface area contributed by atoms with E-state index in [0.29, 0.717) is 34.0 Å². The Labute approximate surface area is 214 Å². The standard InChI is InChI=1S/C26H18ClF3N4O3/c1-35-17-9-5-15(6-10-17)23-22(27)24(16-7-11-18(36-2)12-8-16)34(33-23)25-31-19(20-4-3-13-37-20)14-21(32-25)26(28,29)30/h3-14H,1-2H3. The molecule has 0 spiro atoms. The summed E-state index contributed by atoms with van der Waals surface area (Å²) in [6.45, 7) is 0. The number of hydrogen-bond acceptors (Lipinski definition) is 6. The maximum atomic E-state index is 13.8. The van der Waals surface area contributed by atoms with E-state index in [1.54, 1.807) is 61.7 Å². The number of aromatic nitrogens is 4. The van der Waals surface area contributed by atoms with Crippen molar-refractivity contribution in [3.05, 3.63) is 83.7 Å². The van der Waals surface area contributed by atoms with E-state index in [9.17, 15) is 13.2 Å². The van der Waals surface area contributed by atoms with Gasteiger partial charge in [-0.3, -0.25) is 0 Å². The minimum atomic E-state index is -4.74. The lowest BCUT2D eigenvalue weighted by atomic mass is 10.1. The maximum Gasteiger partial charge on any atom is 0.433 e. The van der Waals surface area contributed by atoms with Crippen LogP contribution >= 0.6 is 11.6 Å². The van der Waals surface area contributed by atoms with Crippen molar-refractivity contribution in [2.45, 2.75) is 6.18 Å². The molecule has 0 aliphatic carbocycles. The zero-order valence-corrected chi connectivity index (χ0v) is 20.2. The number of ether oxygens (including phenoxy) is 2. The van der Waals surface area contributed by atoms with Crippen molar-refractivity contribution in [3.63, 3.8) is 0 Å². The topological polar surface area (TPSA) is 75.2 Å². The molecule has 2 aromatic carbocycles. The molecule has 37 heavy (non-hydrogen) atoms. The third-order valence-electron chi connectivity index (χ3n) is 5.52. The Kier molecular flexibility index (Phi) is 6.34. The molecule has 0 saturated heterocycles. The molecule has 0 amide bonds. The van der Waals surface area contributed by atoms with Gasteiger partial charge in [0.2, 0.25) is 0 Å². The van der Waals surface area contributed by atoms with Crippen molar-refractivity contribution in [3.8, 4) is 51.4 Å². The van der Waals surface area contributed by atoms with Crippen LogP contribution in [0, 0.1) is 0 Å². The van der Waals surface area contributed by atoms with E-state index in [4.69, 9.17) is 25.5 Å². The van der Waals surface area contributed by atoms with Gasteiger partial charge in [0.05, 0.1) is 31.2 Å². The molecule has 0 radical (unpaired) electrons. The number of rotatable bonds is 6. The van der Waals surface area contributed by atoms with Crippen LogP contribution in [0.1, 0.15) is 5.69 Å². The average Bonchev–Trinajstić information content (AvgIpc) is 3.57. The lowest BCUT2D eigenvalue weighted by Crippen LogP contribution is -2.14. The van der Waals surface area contributed by atoms with Crippen LogP contribution in [0.3, 0.4) is 0 Å². The highest BCUT2D eigenvalue weighted by Crippen LogP contribution is 2.39. The van der Waals surface area contributed by atoms with Gasteiger partial charge in [-0.1, -0.05) is 11.6 Å². The second-order valence-corrected chi connectivity index (χ2v) is 8.17. The Bertz CT molecular complexity index is 1530. The number of halogens is 4. The van der Waals surface area contributed by atoms with Crippen LogP contribution in [0.25, 0.3) is 39.9 Å². The zero-order chi connectivity index (χ0) is 26.2. The normalized spacial score (nSPS) is 11.5. The molecule has 0 aliphatic heterocycles. The minimum Gasteiger partial charge on any atom is -0.497 e. The summed E-state index contributed by atoms with van der Waals surface area (Å²) in [5.74, 6) is 1.04. The van der Waals surface area contributed by atoms with Crippen molar-refractivity contribution in [1.82, 2.24) is 19.7 Å². The highest BCUT2D eigenvalue weighted by molar-refractivity contribution is 6.35. The Morgan fingerprint density at radius 1 is 0.865 bits per heavy atom. The molecule has 3 aromatic heterocycles. The van der Waals surface area contributed by atoms with Crippen LogP contribution < -0.4 is 9.47 Å².